The number of amides is 1. The molecule has 0 unspecified atom stereocenters. The van der Waals surface area contributed by atoms with Gasteiger partial charge in [-0.15, -0.1) is 5.10 Å². The lowest BCUT2D eigenvalue weighted by atomic mass is 9.99. The van der Waals surface area contributed by atoms with Gasteiger partial charge in [0.2, 0.25) is 5.91 Å². The third kappa shape index (κ3) is 2.95. The second-order valence-electron chi connectivity index (χ2n) is 5.88. The molecule has 1 amide bonds. The molecule has 0 saturated carbocycles. The maximum Gasteiger partial charge on any atom is 0.231 e. The molecule has 9 heteroatoms. The van der Waals surface area contributed by atoms with Crippen molar-refractivity contribution in [1.29, 1.82) is 0 Å². The third-order valence-corrected chi connectivity index (χ3v) is 4.72. The molecule has 25 heavy (non-hydrogen) atoms. The molecule has 8 nitrogen and oxygen atoms in total. The van der Waals surface area contributed by atoms with Gasteiger partial charge in [0.05, 0.1) is 5.92 Å². The lowest BCUT2D eigenvalue weighted by molar-refractivity contribution is -0.120. The number of halogens is 1. The van der Waals surface area contributed by atoms with Gasteiger partial charge in [-0.05, 0) is 25.1 Å². The number of hydrogen-bond donors (Lipinski definition) is 1. The van der Waals surface area contributed by atoms with E-state index in [1.807, 2.05) is 36.1 Å². The summed E-state index contributed by atoms with van der Waals surface area (Å²) in [4.78, 5) is 23.0. The molecule has 1 aromatic carbocycles. The Balaban J connectivity index is 1.45. The summed E-state index contributed by atoms with van der Waals surface area (Å²) >= 11 is 3.40. The summed E-state index contributed by atoms with van der Waals surface area (Å²) in [5, 5.41) is 11.2. The van der Waals surface area contributed by atoms with Crippen molar-refractivity contribution in [2.24, 2.45) is 5.92 Å². The normalized spacial score (nSPS) is 14.6. The van der Waals surface area contributed by atoms with E-state index in [0.717, 1.165) is 21.6 Å². The van der Waals surface area contributed by atoms with E-state index < -0.39 is 0 Å². The summed E-state index contributed by atoms with van der Waals surface area (Å²) in [7, 11) is 0. The summed E-state index contributed by atoms with van der Waals surface area (Å²) in [6.45, 7) is 3.89. The zero-order valence-corrected chi connectivity index (χ0v) is 15.1. The number of rotatable bonds is 4. The number of benzene rings is 1. The minimum Gasteiger partial charge on any atom is -0.353 e. The molecular weight excluding hydrogens is 386 g/mol. The van der Waals surface area contributed by atoms with Gasteiger partial charge in [0.15, 0.2) is 17.0 Å². The van der Waals surface area contributed by atoms with Crippen LogP contribution in [0, 0.1) is 5.92 Å². The molecular formula is C16H16BrN7O. The zero-order chi connectivity index (χ0) is 17.4. The highest BCUT2D eigenvalue weighted by atomic mass is 79.9. The van der Waals surface area contributed by atoms with E-state index in [0.29, 0.717) is 25.2 Å². The van der Waals surface area contributed by atoms with E-state index in [4.69, 9.17) is 0 Å². The number of anilines is 2. The first-order chi connectivity index (χ1) is 12.2. The molecule has 0 bridgehead atoms. The molecule has 1 aliphatic rings. The average Bonchev–Trinajstić information content (AvgIpc) is 2.97. The Labute approximate surface area is 152 Å². The smallest absolute Gasteiger partial charge is 0.231 e. The number of aryl methyl sites for hydroxylation is 1. The van der Waals surface area contributed by atoms with Gasteiger partial charge in [0.1, 0.15) is 6.33 Å². The topological polar surface area (TPSA) is 88.8 Å². The van der Waals surface area contributed by atoms with E-state index in [1.165, 1.54) is 6.33 Å². The fourth-order valence-electron chi connectivity index (χ4n) is 2.85. The highest BCUT2D eigenvalue weighted by Crippen LogP contribution is 2.28. The van der Waals surface area contributed by atoms with Crippen molar-refractivity contribution in [2.45, 2.75) is 13.5 Å². The predicted molar refractivity (Wildman–Crippen MR) is 97.3 cm³/mol. The zero-order valence-electron chi connectivity index (χ0n) is 13.6. The minimum absolute atomic E-state index is 0.0110. The molecule has 4 rings (SSSR count). The van der Waals surface area contributed by atoms with Crippen LogP contribution < -0.4 is 10.2 Å². The number of fused-ring (bicyclic) bond motifs is 1. The molecule has 1 aliphatic heterocycles. The van der Waals surface area contributed by atoms with Gasteiger partial charge in [-0.1, -0.05) is 27.2 Å². The summed E-state index contributed by atoms with van der Waals surface area (Å²) in [6.07, 6.45) is 1.52. The Hall–Kier alpha value is -2.55. The van der Waals surface area contributed by atoms with Gasteiger partial charge in [0.25, 0.3) is 0 Å². The first-order valence-corrected chi connectivity index (χ1v) is 8.80. The van der Waals surface area contributed by atoms with Gasteiger partial charge in [-0.25, -0.2) is 14.6 Å². The van der Waals surface area contributed by atoms with Crippen LogP contribution in [0.4, 0.5) is 11.5 Å². The number of aromatic nitrogens is 5. The molecule has 0 spiro atoms. The van der Waals surface area contributed by atoms with E-state index in [2.05, 4.69) is 41.5 Å². The number of nitrogens with zero attached hydrogens (tertiary/aromatic N) is 6. The van der Waals surface area contributed by atoms with Crippen molar-refractivity contribution in [3.05, 3.63) is 35.1 Å². The maximum absolute atomic E-state index is 12.4. The summed E-state index contributed by atoms with van der Waals surface area (Å²) in [5.41, 5.74) is 2.18. The van der Waals surface area contributed by atoms with E-state index in [9.17, 15) is 4.79 Å². The predicted octanol–water partition coefficient (Wildman–Crippen LogP) is 2.08. The van der Waals surface area contributed by atoms with Crippen LogP contribution in [0.1, 0.15) is 6.92 Å². The Morgan fingerprint density at radius 1 is 1.36 bits per heavy atom. The first-order valence-electron chi connectivity index (χ1n) is 8.01. The monoisotopic (exact) mass is 401 g/mol. The van der Waals surface area contributed by atoms with Crippen LogP contribution in [-0.4, -0.2) is 44.0 Å². The highest BCUT2D eigenvalue weighted by Gasteiger charge is 2.35. The molecule has 128 valence electrons. The van der Waals surface area contributed by atoms with Crippen LogP contribution in [0.5, 0.6) is 0 Å². The van der Waals surface area contributed by atoms with Crippen molar-refractivity contribution in [3.63, 3.8) is 0 Å². The number of hydrogen-bond acceptors (Lipinski definition) is 6. The Morgan fingerprint density at radius 2 is 2.20 bits per heavy atom. The van der Waals surface area contributed by atoms with Crippen molar-refractivity contribution >= 4 is 44.5 Å². The van der Waals surface area contributed by atoms with Crippen molar-refractivity contribution in [2.75, 3.05) is 23.3 Å². The summed E-state index contributed by atoms with van der Waals surface area (Å²) in [6, 6.07) is 7.56. The number of nitrogens with one attached hydrogen (secondary N) is 1. The second kappa shape index (κ2) is 6.40. The van der Waals surface area contributed by atoms with Crippen molar-refractivity contribution in [1.82, 2.24) is 25.0 Å². The van der Waals surface area contributed by atoms with E-state index in [1.54, 1.807) is 4.68 Å². The number of carbonyl (C=O) groups is 1. The molecule has 0 radical (unpaired) electrons. The quantitative estimate of drug-likeness (QED) is 0.719. The van der Waals surface area contributed by atoms with Crippen LogP contribution in [0.25, 0.3) is 11.2 Å². The Morgan fingerprint density at radius 3 is 2.96 bits per heavy atom. The lowest BCUT2D eigenvalue weighted by Gasteiger charge is -2.38. The van der Waals surface area contributed by atoms with E-state index >= 15 is 0 Å². The fraction of sp³-hybridized carbons (Fsp3) is 0.312. The van der Waals surface area contributed by atoms with Gasteiger partial charge >= 0.3 is 0 Å². The standard InChI is InChI=1S/C16H16BrN7O/c1-2-24-15-13(21-22-24)14(18-9-19-15)23-7-10(8-23)16(25)20-12-5-3-4-11(17)6-12/h3-6,9-10H,2,7-8H2,1H3,(H,20,25). The molecule has 3 heterocycles. The van der Waals surface area contributed by atoms with Gasteiger partial charge < -0.3 is 10.2 Å². The second-order valence-corrected chi connectivity index (χ2v) is 6.79. The number of carbonyl (C=O) groups excluding carboxylic acids is 1. The molecule has 3 aromatic rings. The summed E-state index contributed by atoms with van der Waals surface area (Å²) in [5.74, 6) is 0.665. The molecule has 2 aromatic heterocycles. The first kappa shape index (κ1) is 15.9. The van der Waals surface area contributed by atoms with Crippen LogP contribution in [0.2, 0.25) is 0 Å². The van der Waals surface area contributed by atoms with E-state index in [-0.39, 0.29) is 11.8 Å². The van der Waals surface area contributed by atoms with Gasteiger partial charge in [-0.3, -0.25) is 4.79 Å². The molecule has 1 fully saturated rings. The third-order valence-electron chi connectivity index (χ3n) is 4.22. The van der Waals surface area contributed by atoms with Crippen LogP contribution >= 0.6 is 15.9 Å². The minimum atomic E-state index is -0.0785. The summed E-state index contributed by atoms with van der Waals surface area (Å²) < 4.78 is 2.67. The van der Waals surface area contributed by atoms with Gasteiger partial charge in [-0.2, -0.15) is 0 Å². The van der Waals surface area contributed by atoms with Crippen LogP contribution in [-0.2, 0) is 11.3 Å². The Kier molecular flexibility index (Phi) is 4.08. The SMILES string of the molecule is CCn1nnc2c(N3CC(C(=O)Nc4cccc(Br)c4)C3)ncnc21. The maximum atomic E-state index is 12.4. The average molecular weight is 402 g/mol. The fourth-order valence-corrected chi connectivity index (χ4v) is 3.25. The van der Waals surface area contributed by atoms with Crippen molar-refractivity contribution < 1.29 is 4.79 Å². The Bertz CT molecular complexity index is 935. The molecule has 1 N–H and O–H groups in total. The van der Waals surface area contributed by atoms with Crippen LogP contribution in [0.15, 0.2) is 35.1 Å². The highest BCUT2D eigenvalue weighted by molar-refractivity contribution is 9.10. The van der Waals surface area contributed by atoms with Crippen LogP contribution in [0.3, 0.4) is 0 Å². The lowest BCUT2D eigenvalue weighted by Crippen LogP contribution is -2.52. The molecule has 0 atom stereocenters. The largest absolute Gasteiger partial charge is 0.353 e. The molecule has 0 aliphatic carbocycles. The van der Waals surface area contributed by atoms with Crippen molar-refractivity contribution in [3.8, 4) is 0 Å². The van der Waals surface area contributed by atoms with Gasteiger partial charge in [0, 0.05) is 29.8 Å². The molecule has 1 saturated heterocycles.